The third-order valence-corrected chi connectivity index (χ3v) is 8.71. The van der Waals surface area contributed by atoms with Crippen LogP contribution in [0.1, 0.15) is 31.0 Å². The number of nitrogens with zero attached hydrogens (tertiary/aromatic N) is 4. The molecule has 166 valence electrons. The van der Waals surface area contributed by atoms with Crippen molar-refractivity contribution in [1.82, 2.24) is 15.0 Å². The largest absolute Gasteiger partial charge is 0.355 e. The number of imide groups is 1. The van der Waals surface area contributed by atoms with E-state index in [9.17, 15) is 9.59 Å². The highest BCUT2D eigenvalue weighted by atomic mass is 127. The predicted octanol–water partition coefficient (Wildman–Crippen LogP) is 3.22. The molecule has 5 heterocycles. The summed E-state index contributed by atoms with van der Waals surface area (Å²) in [5.41, 5.74) is 0.784. The van der Waals surface area contributed by atoms with Crippen molar-refractivity contribution in [2.24, 2.45) is 11.8 Å². The second kappa shape index (κ2) is 7.93. The lowest BCUT2D eigenvalue weighted by atomic mass is 9.86. The number of hydrogen-bond acceptors (Lipinski definition) is 6. The molecule has 0 spiro atoms. The first-order chi connectivity index (χ1) is 14.7. The van der Waals surface area contributed by atoms with Crippen LogP contribution in [0.5, 0.6) is 0 Å². The molecule has 0 bridgehead atoms. The van der Waals surface area contributed by atoms with E-state index in [0.29, 0.717) is 6.54 Å². The van der Waals surface area contributed by atoms with Crippen molar-refractivity contribution < 1.29 is 18.6 Å². The zero-order valence-electron chi connectivity index (χ0n) is 18.1. The van der Waals surface area contributed by atoms with Crippen LogP contribution in [0.15, 0.2) is 22.7 Å². The standard InChI is InChI=1S/C22H28IN4O3S/c1-27(2,3)11-5-10-26-21(28)18-14-6-4-9-25(14)20(19(18)22(26)29)13-12-15(30-24-13)16-7-8-17(23)31-16/h7-8,12,14,18-20H,4-6,9-11H2,1-3H3/q+1/t14-,18-,19-,20-/m0/s1. The number of quaternary nitrogens is 1. The summed E-state index contributed by atoms with van der Waals surface area (Å²) in [6.07, 6.45) is 2.85. The number of carbonyl (C=O) groups excluding carboxylic acids is 2. The summed E-state index contributed by atoms with van der Waals surface area (Å²) in [5.74, 6) is 0.146. The first kappa shape index (κ1) is 21.5. The van der Waals surface area contributed by atoms with E-state index in [1.165, 1.54) is 7.78 Å². The van der Waals surface area contributed by atoms with Crippen LogP contribution in [0.25, 0.3) is 10.6 Å². The second-order valence-electron chi connectivity index (χ2n) is 9.86. The van der Waals surface area contributed by atoms with Crippen LogP contribution in [-0.4, -0.2) is 78.1 Å². The lowest BCUT2D eigenvalue weighted by Crippen LogP contribution is -2.42. The van der Waals surface area contributed by atoms with Crippen LogP contribution in [0.3, 0.4) is 0 Å². The van der Waals surface area contributed by atoms with Gasteiger partial charge in [-0.15, -0.1) is 11.3 Å². The minimum absolute atomic E-state index is 0.0207. The molecule has 0 unspecified atom stereocenters. The molecule has 2 aromatic rings. The van der Waals surface area contributed by atoms with Crippen LogP contribution in [0.2, 0.25) is 0 Å². The fourth-order valence-electron chi connectivity index (χ4n) is 5.53. The molecule has 2 aromatic heterocycles. The van der Waals surface area contributed by atoms with Gasteiger partial charge in [-0.1, -0.05) is 5.16 Å². The summed E-state index contributed by atoms with van der Waals surface area (Å²) in [6, 6.07) is 6.03. The maximum atomic E-state index is 13.5. The summed E-state index contributed by atoms with van der Waals surface area (Å²) < 4.78 is 7.70. The highest BCUT2D eigenvalue weighted by molar-refractivity contribution is 14.1. The summed E-state index contributed by atoms with van der Waals surface area (Å²) in [4.78, 5) is 31.7. The molecule has 0 aliphatic carbocycles. The summed E-state index contributed by atoms with van der Waals surface area (Å²) in [7, 11) is 6.39. The fourth-order valence-corrected chi connectivity index (χ4v) is 7.10. The van der Waals surface area contributed by atoms with Gasteiger partial charge in [0.15, 0.2) is 5.76 Å². The van der Waals surface area contributed by atoms with Crippen molar-refractivity contribution in [1.29, 1.82) is 0 Å². The molecule has 0 N–H and O–H groups in total. The van der Waals surface area contributed by atoms with Gasteiger partial charge in [0.05, 0.1) is 53.3 Å². The number of hydrogen-bond donors (Lipinski definition) is 0. The number of carbonyl (C=O) groups is 2. The third-order valence-electron chi connectivity index (χ3n) is 6.80. The topological polar surface area (TPSA) is 66.7 Å². The van der Waals surface area contributed by atoms with E-state index in [0.717, 1.165) is 53.2 Å². The Morgan fingerprint density at radius 3 is 2.71 bits per heavy atom. The Hall–Kier alpha value is -1.30. The molecular formula is C22H28IN4O3S+. The Morgan fingerprint density at radius 2 is 2.00 bits per heavy atom. The molecule has 5 rings (SSSR count). The van der Waals surface area contributed by atoms with Gasteiger partial charge >= 0.3 is 0 Å². The van der Waals surface area contributed by atoms with Crippen molar-refractivity contribution in [3.8, 4) is 10.6 Å². The van der Waals surface area contributed by atoms with Crippen LogP contribution in [0.4, 0.5) is 0 Å². The quantitative estimate of drug-likeness (QED) is 0.311. The predicted molar refractivity (Wildman–Crippen MR) is 126 cm³/mol. The Morgan fingerprint density at radius 1 is 1.23 bits per heavy atom. The van der Waals surface area contributed by atoms with E-state index >= 15 is 0 Å². The first-order valence-electron chi connectivity index (χ1n) is 10.9. The SMILES string of the molecule is C[N+](C)(C)CCCN1C(=O)[C@@H]2[C@H](C1=O)[C@H](c1cc(-c3ccc(I)s3)on1)N1CCC[C@@H]21. The molecule has 4 atom stereocenters. The summed E-state index contributed by atoms with van der Waals surface area (Å²) in [6.45, 7) is 2.35. The molecule has 0 radical (unpaired) electrons. The molecule has 2 amide bonds. The van der Waals surface area contributed by atoms with Crippen molar-refractivity contribution in [2.75, 3.05) is 40.8 Å². The van der Waals surface area contributed by atoms with Crippen LogP contribution < -0.4 is 0 Å². The van der Waals surface area contributed by atoms with E-state index in [1.807, 2.05) is 12.1 Å². The van der Waals surface area contributed by atoms with Crippen LogP contribution in [0, 0.1) is 14.7 Å². The van der Waals surface area contributed by atoms with Crippen molar-refractivity contribution in [3.05, 3.63) is 26.8 Å². The lowest BCUT2D eigenvalue weighted by Gasteiger charge is -2.28. The number of thiophene rings is 1. The Labute approximate surface area is 200 Å². The van der Waals surface area contributed by atoms with Gasteiger partial charge in [-0.3, -0.25) is 19.4 Å². The van der Waals surface area contributed by atoms with E-state index in [2.05, 4.69) is 59.9 Å². The number of halogens is 1. The van der Waals surface area contributed by atoms with Gasteiger partial charge in [0.1, 0.15) is 5.69 Å². The fraction of sp³-hybridized carbons (Fsp3) is 0.591. The van der Waals surface area contributed by atoms with Gasteiger partial charge in [0.25, 0.3) is 0 Å². The number of likely N-dealkylation sites (tertiary alicyclic amines) is 1. The van der Waals surface area contributed by atoms with Gasteiger partial charge in [-0.2, -0.15) is 0 Å². The molecular weight excluding hydrogens is 527 g/mol. The Bertz CT molecular complexity index is 1010. The first-order valence-corrected chi connectivity index (χ1v) is 12.8. The lowest BCUT2D eigenvalue weighted by molar-refractivity contribution is -0.870. The summed E-state index contributed by atoms with van der Waals surface area (Å²) in [5, 5.41) is 4.39. The van der Waals surface area contributed by atoms with Gasteiger partial charge in [-0.25, -0.2) is 0 Å². The number of amides is 2. The zero-order chi connectivity index (χ0) is 21.9. The maximum Gasteiger partial charge on any atom is 0.235 e. The van der Waals surface area contributed by atoms with E-state index in [4.69, 9.17) is 4.52 Å². The van der Waals surface area contributed by atoms with Gasteiger partial charge in [0, 0.05) is 25.1 Å². The highest BCUT2D eigenvalue weighted by Gasteiger charge is 2.63. The van der Waals surface area contributed by atoms with Gasteiger partial charge in [0.2, 0.25) is 11.8 Å². The van der Waals surface area contributed by atoms with E-state index in [-0.39, 0.29) is 35.7 Å². The third kappa shape index (κ3) is 3.77. The molecule has 9 heteroatoms. The van der Waals surface area contributed by atoms with Gasteiger partial charge in [-0.05, 0) is 54.1 Å². The second-order valence-corrected chi connectivity index (χ2v) is 12.8. The Kier molecular flexibility index (Phi) is 5.51. The average Bonchev–Trinajstić information content (AvgIpc) is 3.47. The van der Waals surface area contributed by atoms with Gasteiger partial charge < -0.3 is 9.01 Å². The molecule has 3 fully saturated rings. The molecule has 3 aliphatic rings. The normalized spacial score (nSPS) is 28.6. The molecule has 31 heavy (non-hydrogen) atoms. The molecule has 3 aliphatic heterocycles. The minimum atomic E-state index is -0.344. The maximum absolute atomic E-state index is 13.5. The minimum Gasteiger partial charge on any atom is -0.355 e. The van der Waals surface area contributed by atoms with Crippen LogP contribution >= 0.6 is 33.9 Å². The molecule has 0 saturated carbocycles. The monoisotopic (exact) mass is 555 g/mol. The molecule has 7 nitrogen and oxygen atoms in total. The summed E-state index contributed by atoms with van der Waals surface area (Å²) >= 11 is 3.95. The Balaban J connectivity index is 1.42. The number of fused-ring (bicyclic) bond motifs is 3. The highest BCUT2D eigenvalue weighted by Crippen LogP contribution is 2.53. The van der Waals surface area contributed by atoms with Crippen molar-refractivity contribution in [2.45, 2.75) is 31.3 Å². The number of rotatable bonds is 6. The molecule has 0 aromatic carbocycles. The number of aromatic nitrogens is 1. The van der Waals surface area contributed by atoms with Crippen molar-refractivity contribution >= 4 is 45.7 Å². The van der Waals surface area contributed by atoms with Crippen LogP contribution in [-0.2, 0) is 9.59 Å². The van der Waals surface area contributed by atoms with E-state index in [1.54, 1.807) is 11.3 Å². The van der Waals surface area contributed by atoms with Crippen molar-refractivity contribution in [3.63, 3.8) is 0 Å². The average molecular weight is 555 g/mol. The smallest absolute Gasteiger partial charge is 0.235 e. The zero-order valence-corrected chi connectivity index (χ0v) is 21.1. The van der Waals surface area contributed by atoms with E-state index < -0.39 is 0 Å². The molecule has 3 saturated heterocycles.